The second-order valence-electron chi connectivity index (χ2n) is 3.83. The summed E-state index contributed by atoms with van der Waals surface area (Å²) in [5.74, 6) is 0. The van der Waals surface area contributed by atoms with E-state index in [0.29, 0.717) is 0 Å². The number of unbranched alkanes of at least 4 members (excludes halogenated alkanes) is 1. The maximum absolute atomic E-state index is 3.84. The fraction of sp³-hybridized carbons (Fsp3) is 0.333. The van der Waals surface area contributed by atoms with Crippen molar-refractivity contribution in [3.63, 3.8) is 0 Å². The van der Waals surface area contributed by atoms with E-state index >= 15 is 0 Å². The average molecular weight is 215 g/mol. The van der Waals surface area contributed by atoms with Gasteiger partial charge >= 0.3 is 0 Å². The molecule has 0 aliphatic heterocycles. The largest absolute Gasteiger partial charge is 0.382 e. The van der Waals surface area contributed by atoms with E-state index in [9.17, 15) is 0 Å². The zero-order chi connectivity index (χ0) is 11.6. The second kappa shape index (κ2) is 7.75. The molecule has 1 rings (SSSR count). The topological polar surface area (TPSA) is 12.0 Å². The van der Waals surface area contributed by atoms with Crippen LogP contribution in [0.15, 0.2) is 54.6 Å². The molecule has 0 spiro atoms. The highest BCUT2D eigenvalue weighted by molar-refractivity contribution is 5.43. The van der Waals surface area contributed by atoms with Crippen molar-refractivity contribution in [3.8, 4) is 0 Å². The first-order valence-electron chi connectivity index (χ1n) is 5.97. The molecule has 0 bridgehead atoms. The van der Waals surface area contributed by atoms with Gasteiger partial charge in [0.05, 0.1) is 0 Å². The summed E-state index contributed by atoms with van der Waals surface area (Å²) in [6.45, 7) is 6.92. The Hall–Kier alpha value is -1.50. The van der Waals surface area contributed by atoms with Gasteiger partial charge in [0.25, 0.3) is 0 Å². The van der Waals surface area contributed by atoms with Crippen molar-refractivity contribution in [2.45, 2.75) is 26.2 Å². The zero-order valence-electron chi connectivity index (χ0n) is 10.1. The van der Waals surface area contributed by atoms with E-state index in [1.807, 2.05) is 24.3 Å². The van der Waals surface area contributed by atoms with Crippen LogP contribution in [0.2, 0.25) is 0 Å². The fourth-order valence-electron chi connectivity index (χ4n) is 1.52. The van der Waals surface area contributed by atoms with E-state index in [1.165, 1.54) is 18.4 Å². The van der Waals surface area contributed by atoms with Crippen LogP contribution in [-0.4, -0.2) is 6.54 Å². The molecule has 1 nitrogen and oxygen atoms in total. The van der Waals surface area contributed by atoms with Crippen LogP contribution in [0.1, 0.15) is 26.2 Å². The molecule has 0 aliphatic carbocycles. The van der Waals surface area contributed by atoms with E-state index < -0.39 is 0 Å². The number of benzene rings is 1. The number of allylic oxidation sites excluding steroid dienone is 2. The molecule has 0 amide bonds. The van der Waals surface area contributed by atoms with E-state index in [2.05, 4.69) is 37.0 Å². The van der Waals surface area contributed by atoms with Gasteiger partial charge in [-0.15, -0.1) is 0 Å². The molecule has 86 valence electrons. The van der Waals surface area contributed by atoms with Gasteiger partial charge in [0.1, 0.15) is 0 Å². The number of anilines is 1. The van der Waals surface area contributed by atoms with Crippen molar-refractivity contribution >= 4 is 5.69 Å². The maximum Gasteiger partial charge on any atom is 0.0342 e. The molecule has 1 aromatic carbocycles. The predicted octanol–water partition coefficient (Wildman–Crippen LogP) is 4.40. The lowest BCUT2D eigenvalue weighted by Gasteiger charge is -2.04. The Bertz CT molecular complexity index is 325. The summed E-state index contributed by atoms with van der Waals surface area (Å²) >= 11 is 0. The summed E-state index contributed by atoms with van der Waals surface area (Å²) in [5, 5.41) is 3.36. The molecule has 16 heavy (non-hydrogen) atoms. The Labute approximate surface area is 98.9 Å². The molecule has 0 saturated carbocycles. The van der Waals surface area contributed by atoms with Crippen molar-refractivity contribution in [2.75, 3.05) is 11.9 Å². The number of hydrogen-bond acceptors (Lipinski definition) is 1. The van der Waals surface area contributed by atoms with Crippen LogP contribution in [-0.2, 0) is 0 Å². The molecular weight excluding hydrogens is 194 g/mol. The highest BCUT2D eigenvalue weighted by Crippen LogP contribution is 2.09. The Morgan fingerprint density at radius 2 is 2.06 bits per heavy atom. The minimum Gasteiger partial charge on any atom is -0.382 e. The lowest BCUT2D eigenvalue weighted by atomic mass is 10.1. The van der Waals surface area contributed by atoms with Crippen LogP contribution in [0.3, 0.4) is 0 Å². The van der Waals surface area contributed by atoms with Gasteiger partial charge in [-0.05, 0) is 25.0 Å². The lowest BCUT2D eigenvalue weighted by Crippen LogP contribution is -1.98. The molecule has 0 radical (unpaired) electrons. The lowest BCUT2D eigenvalue weighted by molar-refractivity contribution is 0.796. The number of para-hydroxylation sites is 1. The molecule has 0 aliphatic rings. The minimum absolute atomic E-state index is 0.870. The van der Waals surface area contributed by atoms with Gasteiger partial charge in [-0.25, -0.2) is 0 Å². The summed E-state index contributed by atoms with van der Waals surface area (Å²) in [6, 6.07) is 10.3. The summed E-state index contributed by atoms with van der Waals surface area (Å²) in [5.41, 5.74) is 2.50. The Balaban J connectivity index is 2.37. The van der Waals surface area contributed by atoms with Gasteiger partial charge < -0.3 is 5.32 Å². The third kappa shape index (κ3) is 4.83. The highest BCUT2D eigenvalue weighted by atomic mass is 14.8. The molecule has 1 heteroatoms. The van der Waals surface area contributed by atoms with Gasteiger partial charge in [-0.1, -0.05) is 55.8 Å². The molecule has 0 unspecified atom stereocenters. The van der Waals surface area contributed by atoms with Crippen LogP contribution >= 0.6 is 0 Å². The van der Waals surface area contributed by atoms with E-state index in [0.717, 1.165) is 18.7 Å². The second-order valence-corrected chi connectivity index (χ2v) is 3.83. The van der Waals surface area contributed by atoms with E-state index in [-0.39, 0.29) is 0 Å². The summed E-state index contributed by atoms with van der Waals surface area (Å²) < 4.78 is 0. The molecule has 0 aromatic heterocycles. The summed E-state index contributed by atoms with van der Waals surface area (Å²) in [6.07, 6.45) is 7.79. The number of nitrogens with one attached hydrogen (secondary N) is 1. The third-order valence-electron chi connectivity index (χ3n) is 2.53. The normalized spacial score (nSPS) is 11.2. The smallest absolute Gasteiger partial charge is 0.0342 e. The van der Waals surface area contributed by atoms with E-state index in [1.54, 1.807) is 0 Å². The van der Waals surface area contributed by atoms with Crippen molar-refractivity contribution in [2.24, 2.45) is 0 Å². The molecule has 1 N–H and O–H groups in total. The van der Waals surface area contributed by atoms with Crippen molar-refractivity contribution in [3.05, 3.63) is 54.6 Å². The van der Waals surface area contributed by atoms with Gasteiger partial charge in [-0.3, -0.25) is 0 Å². The molecule has 0 saturated heterocycles. The first-order valence-corrected chi connectivity index (χ1v) is 5.97. The van der Waals surface area contributed by atoms with Crippen LogP contribution in [0.5, 0.6) is 0 Å². The third-order valence-corrected chi connectivity index (χ3v) is 2.53. The average Bonchev–Trinajstić information content (AvgIpc) is 2.35. The van der Waals surface area contributed by atoms with Crippen molar-refractivity contribution < 1.29 is 0 Å². The fourth-order valence-corrected chi connectivity index (χ4v) is 1.52. The monoisotopic (exact) mass is 215 g/mol. The van der Waals surface area contributed by atoms with Crippen LogP contribution in [0.25, 0.3) is 0 Å². The minimum atomic E-state index is 0.870. The quantitative estimate of drug-likeness (QED) is 0.665. The van der Waals surface area contributed by atoms with Gasteiger partial charge in [-0.2, -0.15) is 0 Å². The van der Waals surface area contributed by atoms with E-state index in [4.69, 9.17) is 0 Å². The number of rotatable bonds is 7. The SMILES string of the molecule is C=C/C(=C\CNc1ccccc1)CCCC. The van der Waals surface area contributed by atoms with Gasteiger partial charge in [0.15, 0.2) is 0 Å². The number of hydrogen-bond donors (Lipinski definition) is 1. The Morgan fingerprint density at radius 3 is 2.69 bits per heavy atom. The predicted molar refractivity (Wildman–Crippen MR) is 72.7 cm³/mol. The molecular formula is C15H21N. The molecule has 0 heterocycles. The van der Waals surface area contributed by atoms with Crippen molar-refractivity contribution in [1.29, 1.82) is 0 Å². The zero-order valence-corrected chi connectivity index (χ0v) is 10.1. The molecule has 0 fully saturated rings. The van der Waals surface area contributed by atoms with Gasteiger partial charge in [0, 0.05) is 12.2 Å². The first-order chi connectivity index (χ1) is 7.86. The standard InChI is InChI=1S/C15H21N/c1-3-5-9-14(4-2)12-13-16-15-10-7-6-8-11-15/h4,6-8,10-12,16H,2-3,5,9,13H2,1H3/b14-12+. The first kappa shape index (κ1) is 12.6. The van der Waals surface area contributed by atoms with Crippen LogP contribution in [0.4, 0.5) is 5.69 Å². The highest BCUT2D eigenvalue weighted by Gasteiger charge is 1.91. The Morgan fingerprint density at radius 1 is 1.31 bits per heavy atom. The van der Waals surface area contributed by atoms with Crippen molar-refractivity contribution in [1.82, 2.24) is 0 Å². The maximum atomic E-state index is 3.84. The molecule has 0 atom stereocenters. The van der Waals surface area contributed by atoms with Crippen LogP contribution < -0.4 is 5.32 Å². The Kier molecular flexibility index (Phi) is 6.09. The summed E-state index contributed by atoms with van der Waals surface area (Å²) in [7, 11) is 0. The summed E-state index contributed by atoms with van der Waals surface area (Å²) in [4.78, 5) is 0. The molecule has 1 aromatic rings. The van der Waals surface area contributed by atoms with Crippen LogP contribution in [0, 0.1) is 0 Å². The van der Waals surface area contributed by atoms with Gasteiger partial charge in [0.2, 0.25) is 0 Å².